The highest BCUT2D eigenvalue weighted by Crippen LogP contribution is 2.17. The molecule has 2 aromatic carbocycles. The molecular weight excluding hydrogens is 390 g/mol. The standard InChI is InChI=1S/C24H23N5O2/c1-18-2-9-21(10-3-18)24-26-22(31-27-24)17-28-12-14-29(15-13-28)23(30)11-8-19-4-6-20(16-25)7-5-19/h2-11H,12-15,17H2,1H3. The third-order valence-electron chi connectivity index (χ3n) is 5.28. The Bertz CT molecular complexity index is 1100. The first kappa shape index (κ1) is 20.5. The van der Waals surface area contributed by atoms with E-state index < -0.39 is 0 Å². The summed E-state index contributed by atoms with van der Waals surface area (Å²) in [5.74, 6) is 1.16. The van der Waals surface area contributed by atoms with Crippen molar-refractivity contribution < 1.29 is 9.32 Å². The Morgan fingerprint density at radius 2 is 1.81 bits per heavy atom. The summed E-state index contributed by atoms with van der Waals surface area (Å²) in [5, 5.41) is 12.9. The van der Waals surface area contributed by atoms with E-state index in [-0.39, 0.29) is 5.91 Å². The molecule has 0 radical (unpaired) electrons. The van der Waals surface area contributed by atoms with Gasteiger partial charge in [0, 0.05) is 37.8 Å². The number of hydrogen-bond acceptors (Lipinski definition) is 6. The summed E-state index contributed by atoms with van der Waals surface area (Å²) in [6.07, 6.45) is 3.36. The van der Waals surface area contributed by atoms with Crippen LogP contribution in [0.1, 0.15) is 22.6 Å². The van der Waals surface area contributed by atoms with Gasteiger partial charge in [0.25, 0.3) is 0 Å². The summed E-state index contributed by atoms with van der Waals surface area (Å²) < 4.78 is 5.42. The summed E-state index contributed by atoms with van der Waals surface area (Å²) >= 11 is 0. The monoisotopic (exact) mass is 413 g/mol. The minimum Gasteiger partial charge on any atom is -0.338 e. The zero-order valence-electron chi connectivity index (χ0n) is 17.4. The Balaban J connectivity index is 1.27. The lowest BCUT2D eigenvalue weighted by Crippen LogP contribution is -2.47. The van der Waals surface area contributed by atoms with Gasteiger partial charge in [-0.15, -0.1) is 0 Å². The van der Waals surface area contributed by atoms with Crippen LogP contribution in [-0.2, 0) is 11.3 Å². The van der Waals surface area contributed by atoms with Gasteiger partial charge < -0.3 is 9.42 Å². The molecule has 0 bridgehead atoms. The molecule has 7 nitrogen and oxygen atoms in total. The minimum absolute atomic E-state index is 0.0107. The van der Waals surface area contributed by atoms with Gasteiger partial charge in [-0.25, -0.2) is 0 Å². The first-order valence-electron chi connectivity index (χ1n) is 10.2. The van der Waals surface area contributed by atoms with Crippen LogP contribution in [0.15, 0.2) is 59.1 Å². The summed E-state index contributed by atoms with van der Waals surface area (Å²) in [6, 6.07) is 17.2. The summed E-state index contributed by atoms with van der Waals surface area (Å²) in [6.45, 7) is 5.41. The third kappa shape index (κ3) is 5.24. The van der Waals surface area contributed by atoms with Crippen LogP contribution in [-0.4, -0.2) is 52.0 Å². The lowest BCUT2D eigenvalue weighted by atomic mass is 10.1. The molecular formula is C24H23N5O2. The number of hydrogen-bond donors (Lipinski definition) is 0. The number of amides is 1. The SMILES string of the molecule is Cc1ccc(-c2noc(CN3CCN(C(=O)C=Cc4ccc(C#N)cc4)CC3)n2)cc1. The molecule has 1 aliphatic rings. The van der Waals surface area contributed by atoms with Gasteiger partial charge in [-0.1, -0.05) is 47.1 Å². The molecule has 156 valence electrons. The molecule has 0 saturated carbocycles. The zero-order valence-corrected chi connectivity index (χ0v) is 17.4. The summed E-state index contributed by atoms with van der Waals surface area (Å²) in [4.78, 5) is 21.0. The van der Waals surface area contributed by atoms with Crippen molar-refractivity contribution in [1.29, 1.82) is 5.26 Å². The molecule has 0 N–H and O–H groups in total. The molecule has 0 unspecified atom stereocenters. The maximum Gasteiger partial charge on any atom is 0.246 e. The number of carbonyl (C=O) groups is 1. The van der Waals surface area contributed by atoms with Gasteiger partial charge in [0.1, 0.15) is 0 Å². The highest BCUT2D eigenvalue weighted by atomic mass is 16.5. The van der Waals surface area contributed by atoms with Gasteiger partial charge in [0.2, 0.25) is 17.6 Å². The topological polar surface area (TPSA) is 86.3 Å². The second-order valence-electron chi connectivity index (χ2n) is 7.55. The molecule has 1 aliphatic heterocycles. The van der Waals surface area contributed by atoms with Gasteiger partial charge in [-0.2, -0.15) is 10.2 Å². The van der Waals surface area contributed by atoms with Crippen LogP contribution in [0.4, 0.5) is 0 Å². The molecule has 4 rings (SSSR count). The van der Waals surface area contributed by atoms with Crippen molar-refractivity contribution in [1.82, 2.24) is 19.9 Å². The molecule has 31 heavy (non-hydrogen) atoms. The molecule has 0 aliphatic carbocycles. The summed E-state index contributed by atoms with van der Waals surface area (Å²) in [5.41, 5.74) is 3.62. The predicted molar refractivity (Wildman–Crippen MR) is 117 cm³/mol. The highest BCUT2D eigenvalue weighted by Gasteiger charge is 2.21. The van der Waals surface area contributed by atoms with E-state index in [1.54, 1.807) is 24.3 Å². The van der Waals surface area contributed by atoms with E-state index in [0.29, 0.717) is 36.9 Å². The Hall–Kier alpha value is -3.76. The van der Waals surface area contributed by atoms with Gasteiger partial charge in [0.05, 0.1) is 18.2 Å². The number of benzene rings is 2. The second kappa shape index (κ2) is 9.37. The summed E-state index contributed by atoms with van der Waals surface area (Å²) in [7, 11) is 0. The average Bonchev–Trinajstić information content (AvgIpc) is 3.27. The number of carbonyl (C=O) groups excluding carboxylic acids is 1. The first-order chi connectivity index (χ1) is 15.1. The lowest BCUT2D eigenvalue weighted by Gasteiger charge is -2.33. The van der Waals surface area contributed by atoms with Crippen LogP contribution >= 0.6 is 0 Å². The number of rotatable bonds is 5. The van der Waals surface area contributed by atoms with E-state index in [0.717, 1.165) is 24.2 Å². The fourth-order valence-corrected chi connectivity index (χ4v) is 3.40. The number of nitriles is 1. The van der Waals surface area contributed by atoms with Crippen molar-refractivity contribution in [3.63, 3.8) is 0 Å². The van der Waals surface area contributed by atoms with E-state index in [9.17, 15) is 4.79 Å². The van der Waals surface area contributed by atoms with Crippen LogP contribution in [0.5, 0.6) is 0 Å². The Morgan fingerprint density at radius 3 is 2.48 bits per heavy atom. The fourth-order valence-electron chi connectivity index (χ4n) is 3.40. The molecule has 1 amide bonds. The smallest absolute Gasteiger partial charge is 0.246 e. The van der Waals surface area contributed by atoms with Gasteiger partial charge >= 0.3 is 0 Å². The van der Waals surface area contributed by atoms with Gasteiger partial charge in [-0.05, 0) is 30.7 Å². The van der Waals surface area contributed by atoms with E-state index >= 15 is 0 Å². The van der Waals surface area contributed by atoms with Crippen LogP contribution in [0.2, 0.25) is 0 Å². The molecule has 7 heteroatoms. The molecule has 1 fully saturated rings. The van der Waals surface area contributed by atoms with Crippen molar-refractivity contribution in [3.8, 4) is 17.5 Å². The number of nitrogens with zero attached hydrogens (tertiary/aromatic N) is 5. The second-order valence-corrected chi connectivity index (χ2v) is 7.55. The van der Waals surface area contributed by atoms with Crippen molar-refractivity contribution in [2.45, 2.75) is 13.5 Å². The molecule has 0 atom stereocenters. The number of piperazine rings is 1. The van der Waals surface area contributed by atoms with Crippen LogP contribution in [0.3, 0.4) is 0 Å². The average molecular weight is 413 g/mol. The number of aryl methyl sites for hydroxylation is 1. The highest BCUT2D eigenvalue weighted by molar-refractivity contribution is 5.91. The molecule has 2 heterocycles. The van der Waals surface area contributed by atoms with Crippen LogP contribution in [0, 0.1) is 18.3 Å². The molecule has 0 spiro atoms. The van der Waals surface area contributed by atoms with Crippen LogP contribution in [0.25, 0.3) is 17.5 Å². The van der Waals surface area contributed by atoms with Gasteiger partial charge in [0.15, 0.2) is 0 Å². The Kier molecular flexibility index (Phi) is 6.20. The minimum atomic E-state index is -0.0107. The van der Waals surface area contributed by atoms with E-state index in [1.807, 2.05) is 48.2 Å². The quantitative estimate of drug-likeness (QED) is 0.597. The van der Waals surface area contributed by atoms with E-state index in [1.165, 1.54) is 5.56 Å². The normalized spacial score (nSPS) is 14.6. The largest absolute Gasteiger partial charge is 0.338 e. The van der Waals surface area contributed by atoms with E-state index in [2.05, 4.69) is 21.1 Å². The zero-order chi connectivity index (χ0) is 21.6. The maximum atomic E-state index is 12.5. The van der Waals surface area contributed by atoms with Crippen LogP contribution < -0.4 is 0 Å². The lowest BCUT2D eigenvalue weighted by molar-refractivity contribution is -0.127. The van der Waals surface area contributed by atoms with Crippen molar-refractivity contribution in [2.24, 2.45) is 0 Å². The maximum absolute atomic E-state index is 12.5. The third-order valence-corrected chi connectivity index (χ3v) is 5.28. The van der Waals surface area contributed by atoms with Crippen molar-refractivity contribution >= 4 is 12.0 Å². The van der Waals surface area contributed by atoms with E-state index in [4.69, 9.17) is 9.78 Å². The molecule has 3 aromatic rings. The first-order valence-corrected chi connectivity index (χ1v) is 10.2. The van der Waals surface area contributed by atoms with Gasteiger partial charge in [-0.3, -0.25) is 9.69 Å². The van der Waals surface area contributed by atoms with Crippen molar-refractivity contribution in [2.75, 3.05) is 26.2 Å². The molecule has 1 saturated heterocycles. The molecule has 1 aromatic heterocycles. The Morgan fingerprint density at radius 1 is 1.10 bits per heavy atom. The van der Waals surface area contributed by atoms with Crippen molar-refractivity contribution in [3.05, 3.63) is 77.2 Å². The Labute approximate surface area is 181 Å². The predicted octanol–water partition coefficient (Wildman–Crippen LogP) is 3.27. The number of aromatic nitrogens is 2. The fraction of sp³-hybridized carbons (Fsp3) is 0.250.